The average molecular weight is 203 g/mol. The van der Waals surface area contributed by atoms with Crippen LogP contribution in [0.3, 0.4) is 0 Å². The van der Waals surface area contributed by atoms with Gasteiger partial charge in [-0.2, -0.15) is 0 Å². The molecule has 1 aliphatic heterocycles. The minimum atomic E-state index is -0.721. The second kappa shape index (κ2) is 4.69. The van der Waals surface area contributed by atoms with Crippen molar-refractivity contribution in [1.82, 2.24) is 4.90 Å². The third-order valence-electron chi connectivity index (χ3n) is 2.01. The van der Waals surface area contributed by atoms with Crippen LogP contribution in [0.4, 0.5) is 9.59 Å². The zero-order valence-corrected chi connectivity index (χ0v) is 8.19. The third kappa shape index (κ3) is 2.51. The summed E-state index contributed by atoms with van der Waals surface area (Å²) in [5.41, 5.74) is 0. The Balaban J connectivity index is 2.34. The molecule has 6 heteroatoms. The number of likely N-dealkylation sites (tertiary alicyclic amines) is 1. The lowest BCUT2D eigenvalue weighted by atomic mass is 10.3. The first-order valence-electron chi connectivity index (χ1n) is 4.25. The van der Waals surface area contributed by atoms with Crippen molar-refractivity contribution in [1.29, 1.82) is 0 Å². The first-order chi connectivity index (χ1) is 6.67. The summed E-state index contributed by atoms with van der Waals surface area (Å²) in [6.07, 6.45) is -0.797. The SMILES string of the molecule is COC(=O)OC1CCN(C(=O)OC)C1. The minimum Gasteiger partial charge on any atom is -0.453 e. The fourth-order valence-electron chi connectivity index (χ4n) is 1.30. The van der Waals surface area contributed by atoms with Crippen LogP contribution in [0, 0.1) is 0 Å². The topological polar surface area (TPSA) is 65.1 Å². The maximum absolute atomic E-state index is 11.0. The number of hydrogen-bond acceptors (Lipinski definition) is 5. The van der Waals surface area contributed by atoms with Gasteiger partial charge in [-0.1, -0.05) is 0 Å². The van der Waals surface area contributed by atoms with Crippen LogP contribution in [0.15, 0.2) is 0 Å². The smallest absolute Gasteiger partial charge is 0.453 e. The Labute approximate surface area is 81.7 Å². The van der Waals surface area contributed by atoms with E-state index in [-0.39, 0.29) is 6.10 Å². The van der Waals surface area contributed by atoms with Crippen molar-refractivity contribution < 1.29 is 23.8 Å². The van der Waals surface area contributed by atoms with Crippen LogP contribution in [0.1, 0.15) is 6.42 Å². The van der Waals surface area contributed by atoms with Gasteiger partial charge in [-0.3, -0.25) is 0 Å². The maximum Gasteiger partial charge on any atom is 0.508 e. The summed E-state index contributed by atoms with van der Waals surface area (Å²) in [6, 6.07) is 0. The zero-order valence-electron chi connectivity index (χ0n) is 8.19. The molecule has 1 unspecified atom stereocenters. The Bertz CT molecular complexity index is 230. The summed E-state index contributed by atoms with van der Waals surface area (Å²) in [4.78, 5) is 23.3. The first kappa shape index (κ1) is 10.6. The predicted molar refractivity (Wildman–Crippen MR) is 45.9 cm³/mol. The van der Waals surface area contributed by atoms with E-state index in [1.807, 2.05) is 0 Å². The van der Waals surface area contributed by atoms with Crippen LogP contribution in [-0.2, 0) is 14.2 Å². The van der Waals surface area contributed by atoms with Crippen molar-refractivity contribution in [2.45, 2.75) is 12.5 Å². The Hall–Kier alpha value is -1.46. The quantitative estimate of drug-likeness (QED) is 0.584. The normalized spacial score (nSPS) is 20.4. The van der Waals surface area contributed by atoms with Crippen LogP contribution in [0.5, 0.6) is 0 Å². The van der Waals surface area contributed by atoms with Crippen molar-refractivity contribution >= 4 is 12.2 Å². The standard InChI is InChI=1S/C8H13NO5/c1-12-7(10)9-4-3-6(5-9)14-8(11)13-2/h6H,3-5H2,1-2H3. The molecule has 1 amide bonds. The Morgan fingerprint density at radius 1 is 1.29 bits per heavy atom. The van der Waals surface area contributed by atoms with Gasteiger partial charge in [0.25, 0.3) is 0 Å². The van der Waals surface area contributed by atoms with Gasteiger partial charge < -0.3 is 19.1 Å². The number of nitrogens with zero attached hydrogens (tertiary/aromatic N) is 1. The summed E-state index contributed by atoms with van der Waals surface area (Å²) in [6.45, 7) is 0.899. The molecule has 0 aromatic heterocycles. The fourth-order valence-corrected chi connectivity index (χ4v) is 1.30. The molecule has 1 heterocycles. The molecule has 0 aromatic carbocycles. The highest BCUT2D eigenvalue weighted by atomic mass is 16.7. The molecule has 6 nitrogen and oxygen atoms in total. The molecule has 0 saturated carbocycles. The van der Waals surface area contributed by atoms with Crippen LogP contribution in [0.2, 0.25) is 0 Å². The van der Waals surface area contributed by atoms with Crippen molar-refractivity contribution in [3.63, 3.8) is 0 Å². The molecule has 1 saturated heterocycles. The van der Waals surface area contributed by atoms with E-state index in [1.54, 1.807) is 0 Å². The molecule has 0 bridgehead atoms. The van der Waals surface area contributed by atoms with Crippen molar-refractivity contribution in [3.05, 3.63) is 0 Å². The summed E-state index contributed by atoms with van der Waals surface area (Å²) < 4.78 is 13.7. The van der Waals surface area contributed by atoms with E-state index in [2.05, 4.69) is 9.47 Å². The van der Waals surface area contributed by atoms with Gasteiger partial charge in [0, 0.05) is 13.0 Å². The predicted octanol–water partition coefficient (Wildman–Crippen LogP) is 0.610. The molecule has 1 aliphatic rings. The van der Waals surface area contributed by atoms with E-state index in [1.165, 1.54) is 19.1 Å². The monoisotopic (exact) mass is 203 g/mol. The molecular formula is C8H13NO5. The summed E-state index contributed by atoms with van der Waals surface area (Å²) in [5, 5.41) is 0. The van der Waals surface area contributed by atoms with Gasteiger partial charge in [0.2, 0.25) is 0 Å². The molecule has 0 aliphatic carbocycles. The maximum atomic E-state index is 11.0. The van der Waals surface area contributed by atoms with E-state index in [0.717, 1.165) is 0 Å². The van der Waals surface area contributed by atoms with E-state index in [4.69, 9.17) is 4.74 Å². The van der Waals surface area contributed by atoms with E-state index >= 15 is 0 Å². The summed E-state index contributed by atoms with van der Waals surface area (Å²) in [7, 11) is 2.56. The minimum absolute atomic E-state index is 0.290. The molecule has 14 heavy (non-hydrogen) atoms. The Morgan fingerprint density at radius 3 is 2.57 bits per heavy atom. The molecule has 1 atom stereocenters. The van der Waals surface area contributed by atoms with Gasteiger partial charge in [0.15, 0.2) is 0 Å². The van der Waals surface area contributed by atoms with Crippen LogP contribution < -0.4 is 0 Å². The van der Waals surface area contributed by atoms with Crippen molar-refractivity contribution in [2.24, 2.45) is 0 Å². The number of ether oxygens (including phenoxy) is 3. The average Bonchev–Trinajstić information content (AvgIpc) is 2.65. The Morgan fingerprint density at radius 2 is 2.00 bits per heavy atom. The molecule has 0 aromatic rings. The highest BCUT2D eigenvalue weighted by Gasteiger charge is 2.29. The van der Waals surface area contributed by atoms with E-state index in [9.17, 15) is 9.59 Å². The molecule has 0 spiro atoms. The fraction of sp³-hybridized carbons (Fsp3) is 0.750. The van der Waals surface area contributed by atoms with Crippen LogP contribution >= 0.6 is 0 Å². The van der Waals surface area contributed by atoms with Crippen LogP contribution in [-0.4, -0.2) is 50.6 Å². The number of rotatable bonds is 1. The van der Waals surface area contributed by atoms with Gasteiger partial charge in [0.05, 0.1) is 20.8 Å². The number of methoxy groups -OCH3 is 2. The van der Waals surface area contributed by atoms with Gasteiger partial charge in [-0.15, -0.1) is 0 Å². The lowest BCUT2D eigenvalue weighted by Crippen LogP contribution is -2.30. The van der Waals surface area contributed by atoms with E-state index < -0.39 is 12.2 Å². The lowest BCUT2D eigenvalue weighted by Gasteiger charge is -2.14. The van der Waals surface area contributed by atoms with E-state index in [0.29, 0.717) is 19.5 Å². The largest absolute Gasteiger partial charge is 0.508 e. The molecule has 1 rings (SSSR count). The lowest BCUT2D eigenvalue weighted by molar-refractivity contribution is 0.0394. The van der Waals surface area contributed by atoms with Crippen LogP contribution in [0.25, 0.3) is 0 Å². The van der Waals surface area contributed by atoms with Gasteiger partial charge in [-0.05, 0) is 0 Å². The van der Waals surface area contributed by atoms with Crippen molar-refractivity contribution in [2.75, 3.05) is 27.3 Å². The summed E-state index contributed by atoms with van der Waals surface area (Å²) >= 11 is 0. The highest BCUT2D eigenvalue weighted by Crippen LogP contribution is 2.13. The number of carbonyl (C=O) groups excluding carboxylic acids is 2. The van der Waals surface area contributed by atoms with Gasteiger partial charge in [-0.25, -0.2) is 9.59 Å². The van der Waals surface area contributed by atoms with Crippen molar-refractivity contribution in [3.8, 4) is 0 Å². The number of hydrogen-bond donors (Lipinski definition) is 0. The second-order valence-electron chi connectivity index (χ2n) is 2.90. The molecule has 0 N–H and O–H groups in total. The molecule has 0 radical (unpaired) electrons. The molecular weight excluding hydrogens is 190 g/mol. The molecule has 80 valence electrons. The molecule has 1 fully saturated rings. The van der Waals surface area contributed by atoms with Gasteiger partial charge in [0.1, 0.15) is 6.10 Å². The third-order valence-corrected chi connectivity index (χ3v) is 2.01. The highest BCUT2D eigenvalue weighted by molar-refractivity contribution is 5.68. The number of amides is 1. The Kier molecular flexibility index (Phi) is 3.55. The zero-order chi connectivity index (χ0) is 10.6. The second-order valence-corrected chi connectivity index (χ2v) is 2.90. The number of carbonyl (C=O) groups is 2. The van der Waals surface area contributed by atoms with Gasteiger partial charge >= 0.3 is 12.2 Å². The summed E-state index contributed by atoms with van der Waals surface area (Å²) in [5.74, 6) is 0. The first-order valence-corrected chi connectivity index (χ1v) is 4.25.